The molecule has 2 N–H and O–H groups in total. The van der Waals surface area contributed by atoms with Crippen molar-refractivity contribution in [1.29, 1.82) is 0 Å². The Bertz CT molecular complexity index is 533. The van der Waals surface area contributed by atoms with Crippen molar-refractivity contribution < 1.29 is 9.90 Å². The molecule has 2 aromatic heterocycles. The molecule has 0 aromatic carbocycles. The van der Waals surface area contributed by atoms with Gasteiger partial charge >= 0.3 is 5.97 Å². The third kappa shape index (κ3) is 3.18. The topological polar surface area (TPSA) is 67.2 Å². The summed E-state index contributed by atoms with van der Waals surface area (Å²) in [5.41, 5.74) is 1.18. The molecule has 2 aromatic rings. The highest BCUT2D eigenvalue weighted by atomic mass is 32.1. The van der Waals surface area contributed by atoms with E-state index in [1.165, 1.54) is 17.0 Å². The first kappa shape index (κ1) is 12.8. The summed E-state index contributed by atoms with van der Waals surface area (Å²) < 4.78 is 1.86. The maximum absolute atomic E-state index is 10.7. The highest BCUT2D eigenvalue weighted by molar-refractivity contribution is 7.13. The van der Waals surface area contributed by atoms with Crippen molar-refractivity contribution in [2.24, 2.45) is 7.05 Å². The van der Waals surface area contributed by atoms with Gasteiger partial charge in [0.25, 0.3) is 0 Å². The minimum atomic E-state index is -0.860. The summed E-state index contributed by atoms with van der Waals surface area (Å²) in [7, 11) is 1.92. The lowest BCUT2D eigenvalue weighted by Crippen LogP contribution is -2.17. The first-order chi connectivity index (χ1) is 8.66. The molecule has 18 heavy (non-hydrogen) atoms. The van der Waals surface area contributed by atoms with Crippen LogP contribution in [-0.4, -0.2) is 27.4 Å². The zero-order chi connectivity index (χ0) is 13.0. The van der Waals surface area contributed by atoms with Crippen LogP contribution in [0.4, 0.5) is 0 Å². The molecule has 0 bridgehead atoms. The van der Waals surface area contributed by atoms with Crippen molar-refractivity contribution in [2.45, 2.75) is 13.0 Å². The van der Waals surface area contributed by atoms with Crippen molar-refractivity contribution in [3.8, 4) is 0 Å². The lowest BCUT2D eigenvalue weighted by atomic mass is 10.3. The number of aromatic nitrogens is 2. The minimum Gasteiger partial charge on any atom is -0.477 e. The zero-order valence-electron chi connectivity index (χ0n) is 10.1. The third-order valence-corrected chi connectivity index (χ3v) is 3.73. The number of aromatic carboxylic acids is 1. The summed E-state index contributed by atoms with van der Waals surface area (Å²) in [5.74, 6) is -0.860. The highest BCUT2D eigenvalue weighted by Crippen LogP contribution is 2.15. The molecule has 2 rings (SSSR count). The predicted molar refractivity (Wildman–Crippen MR) is 69.9 cm³/mol. The predicted octanol–water partition coefficient (Wildman–Crippen LogP) is 1.51. The van der Waals surface area contributed by atoms with E-state index in [-0.39, 0.29) is 0 Å². The van der Waals surface area contributed by atoms with E-state index in [0.717, 1.165) is 17.8 Å². The summed E-state index contributed by atoms with van der Waals surface area (Å²) in [6.07, 6.45) is 2.70. The molecule has 6 heteroatoms. The Morgan fingerprint density at radius 2 is 2.33 bits per heavy atom. The molecule has 2 heterocycles. The molecule has 96 valence electrons. The molecular formula is C12H15N3O2S. The monoisotopic (exact) mass is 265 g/mol. The minimum absolute atomic E-state index is 0.387. The average Bonchev–Trinajstić information content (AvgIpc) is 2.94. The van der Waals surface area contributed by atoms with Crippen LogP contribution in [0, 0.1) is 0 Å². The lowest BCUT2D eigenvalue weighted by molar-refractivity contribution is 0.0702. The van der Waals surface area contributed by atoms with Gasteiger partial charge in [0.05, 0.1) is 0 Å². The van der Waals surface area contributed by atoms with Crippen LogP contribution in [0.15, 0.2) is 24.4 Å². The number of carboxylic acids is 1. The van der Waals surface area contributed by atoms with Crippen LogP contribution in [0.25, 0.3) is 0 Å². The summed E-state index contributed by atoms with van der Waals surface area (Å²) in [4.78, 5) is 12.1. The fourth-order valence-corrected chi connectivity index (χ4v) is 2.48. The van der Waals surface area contributed by atoms with Crippen molar-refractivity contribution in [3.63, 3.8) is 0 Å². The average molecular weight is 265 g/mol. The zero-order valence-corrected chi connectivity index (χ0v) is 10.9. The number of hydrogen-bond donors (Lipinski definition) is 2. The Hall–Kier alpha value is -1.66. The maximum Gasteiger partial charge on any atom is 0.345 e. The van der Waals surface area contributed by atoms with E-state index in [2.05, 4.69) is 10.4 Å². The Morgan fingerprint density at radius 3 is 2.94 bits per heavy atom. The first-order valence-electron chi connectivity index (χ1n) is 5.66. The van der Waals surface area contributed by atoms with E-state index in [9.17, 15) is 4.79 Å². The second-order valence-electron chi connectivity index (χ2n) is 3.94. The van der Waals surface area contributed by atoms with Gasteiger partial charge in [-0.15, -0.1) is 11.3 Å². The number of nitrogens with zero attached hydrogens (tertiary/aromatic N) is 2. The molecule has 0 atom stereocenters. The second-order valence-corrected chi connectivity index (χ2v) is 5.11. The molecule has 0 amide bonds. The van der Waals surface area contributed by atoms with E-state index in [1.54, 1.807) is 12.3 Å². The van der Waals surface area contributed by atoms with Crippen LogP contribution in [0.2, 0.25) is 0 Å². The van der Waals surface area contributed by atoms with Gasteiger partial charge in [-0.05, 0) is 18.2 Å². The SMILES string of the molecule is Cn1nccc1CCNCc1ccc(C(=O)O)s1. The second kappa shape index (κ2) is 5.79. The van der Waals surface area contributed by atoms with Gasteiger partial charge in [0.15, 0.2) is 0 Å². The molecule has 0 saturated carbocycles. The van der Waals surface area contributed by atoms with Gasteiger partial charge in [0.2, 0.25) is 0 Å². The highest BCUT2D eigenvalue weighted by Gasteiger charge is 2.06. The Balaban J connectivity index is 1.75. The maximum atomic E-state index is 10.7. The molecule has 0 radical (unpaired) electrons. The van der Waals surface area contributed by atoms with Gasteiger partial charge in [-0.3, -0.25) is 4.68 Å². The molecule has 0 unspecified atom stereocenters. The Labute approximate surface area is 109 Å². The van der Waals surface area contributed by atoms with Gasteiger partial charge in [0.1, 0.15) is 4.88 Å². The van der Waals surface area contributed by atoms with Crippen LogP contribution < -0.4 is 5.32 Å². The molecule has 0 aliphatic heterocycles. The smallest absolute Gasteiger partial charge is 0.345 e. The number of rotatable bonds is 6. The fraction of sp³-hybridized carbons (Fsp3) is 0.333. The molecule has 0 fully saturated rings. The van der Waals surface area contributed by atoms with Crippen LogP contribution in [-0.2, 0) is 20.0 Å². The van der Waals surface area contributed by atoms with Crippen LogP contribution >= 0.6 is 11.3 Å². The fourth-order valence-electron chi connectivity index (χ4n) is 1.66. The number of carboxylic acid groups (broad SMARTS) is 1. The molecular weight excluding hydrogens is 250 g/mol. The normalized spacial score (nSPS) is 10.7. The summed E-state index contributed by atoms with van der Waals surface area (Å²) in [6.45, 7) is 1.55. The van der Waals surface area contributed by atoms with E-state index in [1.807, 2.05) is 23.9 Å². The van der Waals surface area contributed by atoms with Gasteiger partial charge in [-0.25, -0.2) is 4.79 Å². The van der Waals surface area contributed by atoms with Crippen molar-refractivity contribution in [2.75, 3.05) is 6.54 Å². The van der Waals surface area contributed by atoms with Crippen molar-refractivity contribution in [3.05, 3.63) is 39.8 Å². The van der Waals surface area contributed by atoms with Gasteiger partial charge in [0, 0.05) is 43.3 Å². The Morgan fingerprint density at radius 1 is 1.50 bits per heavy atom. The number of aryl methyl sites for hydroxylation is 1. The number of carbonyl (C=O) groups is 1. The van der Waals surface area contributed by atoms with Crippen LogP contribution in [0.1, 0.15) is 20.2 Å². The summed E-state index contributed by atoms with van der Waals surface area (Å²) >= 11 is 1.31. The van der Waals surface area contributed by atoms with E-state index >= 15 is 0 Å². The van der Waals surface area contributed by atoms with Crippen LogP contribution in [0.5, 0.6) is 0 Å². The molecule has 0 aliphatic carbocycles. The largest absolute Gasteiger partial charge is 0.477 e. The number of hydrogen-bond acceptors (Lipinski definition) is 4. The summed E-state index contributed by atoms with van der Waals surface area (Å²) in [6, 6.07) is 5.49. The van der Waals surface area contributed by atoms with Crippen LogP contribution in [0.3, 0.4) is 0 Å². The first-order valence-corrected chi connectivity index (χ1v) is 6.48. The van der Waals surface area contributed by atoms with Crippen molar-refractivity contribution in [1.82, 2.24) is 15.1 Å². The lowest BCUT2D eigenvalue weighted by Gasteiger charge is -2.03. The number of thiophene rings is 1. The number of nitrogens with one attached hydrogen (secondary N) is 1. The quantitative estimate of drug-likeness (QED) is 0.777. The molecule has 0 spiro atoms. The van der Waals surface area contributed by atoms with Gasteiger partial charge in [-0.2, -0.15) is 5.10 Å². The Kier molecular flexibility index (Phi) is 4.11. The third-order valence-electron chi connectivity index (χ3n) is 2.65. The summed E-state index contributed by atoms with van der Waals surface area (Å²) in [5, 5.41) is 16.2. The van der Waals surface area contributed by atoms with E-state index < -0.39 is 5.97 Å². The van der Waals surface area contributed by atoms with E-state index in [0.29, 0.717) is 11.4 Å². The standard InChI is InChI=1S/C12H15N3O2S/c1-15-9(5-7-14-15)4-6-13-8-10-2-3-11(18-10)12(16)17/h2-3,5,7,13H,4,6,8H2,1H3,(H,16,17). The van der Waals surface area contributed by atoms with Gasteiger partial charge in [-0.1, -0.05) is 0 Å². The van der Waals surface area contributed by atoms with Gasteiger partial charge < -0.3 is 10.4 Å². The molecule has 0 aliphatic rings. The van der Waals surface area contributed by atoms with E-state index in [4.69, 9.17) is 5.11 Å². The van der Waals surface area contributed by atoms with Crippen molar-refractivity contribution >= 4 is 17.3 Å². The molecule has 0 saturated heterocycles. The molecule has 5 nitrogen and oxygen atoms in total.